The van der Waals surface area contributed by atoms with Gasteiger partial charge >= 0.3 is 12.5 Å². The van der Waals surface area contributed by atoms with E-state index in [9.17, 15) is 18.0 Å². The molecule has 0 saturated carbocycles. The number of ether oxygens (including phenoxy) is 1. The van der Waals surface area contributed by atoms with Crippen molar-refractivity contribution in [3.63, 3.8) is 0 Å². The molecule has 0 radical (unpaired) electrons. The molecule has 1 aliphatic rings. The average molecular weight is 256 g/mol. The van der Waals surface area contributed by atoms with Crippen LogP contribution in [-0.2, 0) is 4.74 Å². The minimum absolute atomic E-state index is 0.150. The molecule has 8 heteroatoms. The molecule has 1 unspecified atom stereocenters. The van der Waals surface area contributed by atoms with E-state index in [1.165, 1.54) is 0 Å². The van der Waals surface area contributed by atoms with Crippen molar-refractivity contribution < 1.29 is 27.8 Å². The van der Waals surface area contributed by atoms with Gasteiger partial charge in [-0.3, -0.25) is 9.64 Å². The van der Waals surface area contributed by atoms with Gasteiger partial charge in [-0.1, -0.05) is 0 Å². The molecule has 0 bridgehead atoms. The number of likely N-dealkylation sites (tertiary alicyclic amines) is 1. The highest BCUT2D eigenvalue weighted by Gasteiger charge is 2.29. The topological polar surface area (TPSA) is 61.8 Å². The molecular formula is C9H15F3N2O3. The first-order valence-electron chi connectivity index (χ1n) is 5.29. The quantitative estimate of drug-likeness (QED) is 0.794. The molecule has 100 valence electrons. The molecule has 1 saturated heterocycles. The van der Waals surface area contributed by atoms with Crippen LogP contribution in [0.2, 0.25) is 0 Å². The van der Waals surface area contributed by atoms with Crippen LogP contribution in [0.4, 0.5) is 18.0 Å². The van der Waals surface area contributed by atoms with Crippen LogP contribution in [0.5, 0.6) is 0 Å². The molecule has 0 aromatic heterocycles. The molecule has 1 heterocycles. The van der Waals surface area contributed by atoms with E-state index in [0.717, 1.165) is 6.42 Å². The molecule has 1 rings (SSSR count). The monoisotopic (exact) mass is 256 g/mol. The van der Waals surface area contributed by atoms with Crippen LogP contribution in [0, 0.1) is 0 Å². The number of carbonyl (C=O) groups is 1. The van der Waals surface area contributed by atoms with Crippen molar-refractivity contribution in [2.45, 2.75) is 25.2 Å². The number of hydrogen-bond donors (Lipinski definition) is 2. The first-order valence-corrected chi connectivity index (χ1v) is 5.29. The van der Waals surface area contributed by atoms with Crippen LogP contribution in [0.25, 0.3) is 0 Å². The molecule has 1 amide bonds. The summed E-state index contributed by atoms with van der Waals surface area (Å²) in [7, 11) is 0. The van der Waals surface area contributed by atoms with E-state index < -0.39 is 19.1 Å². The Kier molecular flexibility index (Phi) is 5.01. The van der Waals surface area contributed by atoms with Crippen LogP contribution in [0.15, 0.2) is 0 Å². The summed E-state index contributed by atoms with van der Waals surface area (Å²) in [6.07, 6.45) is -4.24. The Morgan fingerprint density at radius 3 is 2.82 bits per heavy atom. The van der Waals surface area contributed by atoms with E-state index in [-0.39, 0.29) is 12.6 Å². The Labute approximate surface area is 96.5 Å². The maximum atomic E-state index is 11.7. The van der Waals surface area contributed by atoms with E-state index in [1.807, 2.05) is 0 Å². The minimum Gasteiger partial charge on any atom is -0.465 e. The van der Waals surface area contributed by atoms with Gasteiger partial charge in [0.25, 0.3) is 0 Å². The zero-order chi connectivity index (χ0) is 12.9. The molecule has 1 aliphatic heterocycles. The van der Waals surface area contributed by atoms with Gasteiger partial charge in [0.15, 0.2) is 0 Å². The SMILES string of the molecule is O=C(O)NC1CCCN(CCOC(F)(F)F)C1. The van der Waals surface area contributed by atoms with Crippen LogP contribution >= 0.6 is 0 Å². The molecule has 2 N–H and O–H groups in total. The van der Waals surface area contributed by atoms with Crippen molar-refractivity contribution in [1.82, 2.24) is 10.2 Å². The number of nitrogens with one attached hydrogen (secondary N) is 1. The molecule has 0 aromatic rings. The number of halogens is 3. The van der Waals surface area contributed by atoms with Gasteiger partial charge in [0, 0.05) is 19.1 Å². The molecule has 17 heavy (non-hydrogen) atoms. The lowest BCUT2D eigenvalue weighted by molar-refractivity contribution is -0.325. The van der Waals surface area contributed by atoms with Gasteiger partial charge < -0.3 is 10.4 Å². The molecule has 1 fully saturated rings. The second-order valence-electron chi connectivity index (χ2n) is 3.88. The smallest absolute Gasteiger partial charge is 0.465 e. The van der Waals surface area contributed by atoms with Crippen molar-refractivity contribution in [3.8, 4) is 0 Å². The second kappa shape index (κ2) is 6.06. The molecular weight excluding hydrogens is 241 g/mol. The normalized spacial score (nSPS) is 22.4. The highest BCUT2D eigenvalue weighted by molar-refractivity contribution is 5.64. The summed E-state index contributed by atoms with van der Waals surface area (Å²) < 4.78 is 38.9. The van der Waals surface area contributed by atoms with E-state index in [1.54, 1.807) is 4.90 Å². The maximum absolute atomic E-state index is 11.7. The number of nitrogens with zero attached hydrogens (tertiary/aromatic N) is 1. The first kappa shape index (κ1) is 14.0. The van der Waals surface area contributed by atoms with Crippen LogP contribution in [-0.4, -0.2) is 54.7 Å². The fourth-order valence-corrected chi connectivity index (χ4v) is 1.84. The Morgan fingerprint density at radius 2 is 2.24 bits per heavy atom. The number of alkyl halides is 3. The molecule has 0 spiro atoms. The fraction of sp³-hybridized carbons (Fsp3) is 0.889. The zero-order valence-electron chi connectivity index (χ0n) is 9.16. The van der Waals surface area contributed by atoms with Crippen molar-refractivity contribution in [2.24, 2.45) is 0 Å². The van der Waals surface area contributed by atoms with Crippen LogP contribution < -0.4 is 5.32 Å². The van der Waals surface area contributed by atoms with Gasteiger partial charge in [-0.25, -0.2) is 4.79 Å². The van der Waals surface area contributed by atoms with Crippen LogP contribution in [0.1, 0.15) is 12.8 Å². The zero-order valence-corrected chi connectivity index (χ0v) is 9.16. The Morgan fingerprint density at radius 1 is 1.53 bits per heavy atom. The summed E-state index contributed by atoms with van der Waals surface area (Å²) in [5.74, 6) is 0. The van der Waals surface area contributed by atoms with E-state index in [0.29, 0.717) is 19.5 Å². The molecule has 0 aliphatic carbocycles. The predicted molar refractivity (Wildman–Crippen MR) is 52.6 cm³/mol. The largest absolute Gasteiger partial charge is 0.522 e. The minimum atomic E-state index is -4.60. The maximum Gasteiger partial charge on any atom is 0.522 e. The lowest BCUT2D eigenvalue weighted by Crippen LogP contribution is -2.48. The number of rotatable bonds is 4. The summed E-state index contributed by atoms with van der Waals surface area (Å²) in [4.78, 5) is 12.2. The predicted octanol–water partition coefficient (Wildman–Crippen LogP) is 1.25. The number of hydrogen-bond acceptors (Lipinski definition) is 3. The van der Waals surface area contributed by atoms with Crippen molar-refractivity contribution >= 4 is 6.09 Å². The lowest BCUT2D eigenvalue weighted by Gasteiger charge is -2.32. The van der Waals surface area contributed by atoms with E-state index in [2.05, 4.69) is 10.1 Å². The van der Waals surface area contributed by atoms with E-state index >= 15 is 0 Å². The standard InChI is InChI=1S/C9H15F3N2O3/c10-9(11,12)17-5-4-14-3-1-2-7(6-14)13-8(15)16/h7,13H,1-6H2,(H,15,16). The Balaban J connectivity index is 2.23. The number of amides is 1. The highest BCUT2D eigenvalue weighted by atomic mass is 19.4. The Bertz CT molecular complexity index is 260. The van der Waals surface area contributed by atoms with Crippen molar-refractivity contribution in [1.29, 1.82) is 0 Å². The number of piperidine rings is 1. The van der Waals surface area contributed by atoms with Gasteiger partial charge in [-0.15, -0.1) is 13.2 Å². The van der Waals surface area contributed by atoms with Gasteiger partial charge in [-0.05, 0) is 19.4 Å². The third kappa shape index (κ3) is 6.32. The van der Waals surface area contributed by atoms with Gasteiger partial charge in [0.05, 0.1) is 6.61 Å². The summed E-state index contributed by atoms with van der Waals surface area (Å²) in [6, 6.07) is -0.216. The summed E-state index contributed by atoms with van der Waals surface area (Å²) in [5.41, 5.74) is 0. The van der Waals surface area contributed by atoms with Crippen molar-refractivity contribution in [3.05, 3.63) is 0 Å². The Hall–Kier alpha value is -1.02. The molecule has 5 nitrogen and oxygen atoms in total. The third-order valence-electron chi connectivity index (χ3n) is 2.51. The van der Waals surface area contributed by atoms with Gasteiger partial charge in [0.2, 0.25) is 0 Å². The summed E-state index contributed by atoms with van der Waals surface area (Å²) in [6.45, 7) is 0.813. The summed E-state index contributed by atoms with van der Waals surface area (Å²) >= 11 is 0. The van der Waals surface area contributed by atoms with Crippen molar-refractivity contribution in [2.75, 3.05) is 26.2 Å². The number of carboxylic acid groups (broad SMARTS) is 1. The van der Waals surface area contributed by atoms with Crippen LogP contribution in [0.3, 0.4) is 0 Å². The molecule has 1 atom stereocenters. The lowest BCUT2D eigenvalue weighted by atomic mass is 10.1. The fourth-order valence-electron chi connectivity index (χ4n) is 1.84. The van der Waals surface area contributed by atoms with Gasteiger partial charge in [-0.2, -0.15) is 0 Å². The molecule has 0 aromatic carbocycles. The first-order chi connectivity index (χ1) is 7.87. The summed E-state index contributed by atoms with van der Waals surface area (Å²) in [5, 5.41) is 10.9. The van der Waals surface area contributed by atoms with Gasteiger partial charge in [0.1, 0.15) is 0 Å². The second-order valence-corrected chi connectivity index (χ2v) is 3.88. The average Bonchev–Trinajstić information content (AvgIpc) is 2.15. The highest BCUT2D eigenvalue weighted by Crippen LogP contribution is 2.16. The van der Waals surface area contributed by atoms with E-state index in [4.69, 9.17) is 5.11 Å². The third-order valence-corrected chi connectivity index (χ3v) is 2.51.